The van der Waals surface area contributed by atoms with Crippen LogP contribution in [0.25, 0.3) is 11.4 Å². The van der Waals surface area contributed by atoms with Gasteiger partial charge in [0.2, 0.25) is 0 Å². The van der Waals surface area contributed by atoms with E-state index < -0.39 is 0 Å². The second-order valence-electron chi connectivity index (χ2n) is 3.75. The van der Waals surface area contributed by atoms with Crippen LogP contribution in [0.5, 0.6) is 0 Å². The monoisotopic (exact) mass is 313 g/mol. The standard InChI is InChI=1S/C12H13BrClN3/c1-17-10(6-7-15)11(13)16-12(17)8-4-2-3-5-9(8)14/h2-5H,6-7,15H2,1H3. The zero-order valence-electron chi connectivity index (χ0n) is 9.45. The third kappa shape index (κ3) is 2.39. The van der Waals surface area contributed by atoms with Crippen molar-refractivity contribution in [3.05, 3.63) is 39.6 Å². The minimum absolute atomic E-state index is 0.597. The molecule has 0 spiro atoms. The highest BCUT2D eigenvalue weighted by Crippen LogP contribution is 2.29. The Morgan fingerprint density at radius 3 is 2.76 bits per heavy atom. The Labute approximate surface area is 114 Å². The molecule has 0 fully saturated rings. The Morgan fingerprint density at radius 1 is 1.41 bits per heavy atom. The first-order valence-electron chi connectivity index (χ1n) is 5.31. The third-order valence-electron chi connectivity index (χ3n) is 2.66. The number of imidazole rings is 1. The Morgan fingerprint density at radius 2 is 2.12 bits per heavy atom. The highest BCUT2D eigenvalue weighted by molar-refractivity contribution is 9.10. The van der Waals surface area contributed by atoms with Crippen LogP contribution in [-0.4, -0.2) is 16.1 Å². The molecule has 2 N–H and O–H groups in total. The molecule has 1 aromatic heterocycles. The zero-order chi connectivity index (χ0) is 12.4. The van der Waals surface area contributed by atoms with Crippen LogP contribution in [0.4, 0.5) is 0 Å². The van der Waals surface area contributed by atoms with Crippen LogP contribution in [0.2, 0.25) is 5.02 Å². The van der Waals surface area contributed by atoms with Gasteiger partial charge in [-0.3, -0.25) is 0 Å². The molecule has 0 bridgehead atoms. The minimum Gasteiger partial charge on any atom is -0.330 e. The first kappa shape index (κ1) is 12.6. The van der Waals surface area contributed by atoms with E-state index in [1.54, 1.807) is 0 Å². The number of benzene rings is 1. The summed E-state index contributed by atoms with van der Waals surface area (Å²) in [6.45, 7) is 0.597. The maximum absolute atomic E-state index is 6.18. The van der Waals surface area contributed by atoms with Gasteiger partial charge in [0, 0.05) is 19.0 Å². The van der Waals surface area contributed by atoms with Gasteiger partial charge in [-0.1, -0.05) is 23.7 Å². The van der Waals surface area contributed by atoms with E-state index in [1.165, 1.54) is 0 Å². The highest BCUT2D eigenvalue weighted by atomic mass is 79.9. The fraction of sp³-hybridized carbons (Fsp3) is 0.250. The maximum Gasteiger partial charge on any atom is 0.142 e. The molecule has 90 valence electrons. The first-order chi connectivity index (χ1) is 8.15. The molecule has 0 saturated heterocycles. The molecule has 5 heteroatoms. The van der Waals surface area contributed by atoms with E-state index in [1.807, 2.05) is 35.9 Å². The lowest BCUT2D eigenvalue weighted by Crippen LogP contribution is -2.07. The van der Waals surface area contributed by atoms with Crippen LogP contribution in [0.1, 0.15) is 5.69 Å². The first-order valence-corrected chi connectivity index (χ1v) is 6.48. The summed E-state index contributed by atoms with van der Waals surface area (Å²) in [5.74, 6) is 0.853. The summed E-state index contributed by atoms with van der Waals surface area (Å²) >= 11 is 9.64. The van der Waals surface area contributed by atoms with E-state index >= 15 is 0 Å². The number of aromatic nitrogens is 2. The summed E-state index contributed by atoms with van der Waals surface area (Å²) in [7, 11) is 1.97. The molecule has 0 amide bonds. The molecular formula is C12H13BrClN3. The lowest BCUT2D eigenvalue weighted by molar-refractivity contribution is 0.807. The van der Waals surface area contributed by atoms with E-state index in [4.69, 9.17) is 17.3 Å². The predicted octanol–water partition coefficient (Wildman–Crippen LogP) is 3.00. The minimum atomic E-state index is 0.597. The van der Waals surface area contributed by atoms with Crippen molar-refractivity contribution in [1.29, 1.82) is 0 Å². The van der Waals surface area contributed by atoms with Gasteiger partial charge in [-0.2, -0.15) is 0 Å². The van der Waals surface area contributed by atoms with Gasteiger partial charge in [0.15, 0.2) is 0 Å². The number of rotatable bonds is 3. The van der Waals surface area contributed by atoms with Gasteiger partial charge in [0.25, 0.3) is 0 Å². The molecule has 2 aromatic rings. The molecule has 0 radical (unpaired) electrons. The van der Waals surface area contributed by atoms with E-state index in [-0.39, 0.29) is 0 Å². The fourth-order valence-corrected chi connectivity index (χ4v) is 2.64. The molecule has 3 nitrogen and oxygen atoms in total. The number of hydrogen-bond acceptors (Lipinski definition) is 2. The third-order valence-corrected chi connectivity index (χ3v) is 3.63. The fourth-order valence-electron chi connectivity index (χ4n) is 1.79. The van der Waals surface area contributed by atoms with Gasteiger partial charge in [-0.15, -0.1) is 0 Å². The topological polar surface area (TPSA) is 43.8 Å². The lowest BCUT2D eigenvalue weighted by Gasteiger charge is -2.06. The van der Waals surface area contributed by atoms with Gasteiger partial charge in [-0.25, -0.2) is 4.98 Å². The molecule has 2 rings (SSSR count). The number of halogens is 2. The lowest BCUT2D eigenvalue weighted by atomic mass is 10.2. The second kappa shape index (κ2) is 5.21. The van der Waals surface area contributed by atoms with Crippen LogP contribution in [0.15, 0.2) is 28.9 Å². The van der Waals surface area contributed by atoms with Crippen LogP contribution in [0.3, 0.4) is 0 Å². The van der Waals surface area contributed by atoms with Crippen molar-refractivity contribution < 1.29 is 0 Å². The molecular weight excluding hydrogens is 302 g/mol. The summed E-state index contributed by atoms with van der Waals surface area (Å²) in [5, 5.41) is 0.701. The molecule has 0 aliphatic carbocycles. The Balaban J connectivity index is 2.54. The van der Waals surface area contributed by atoms with Gasteiger partial charge in [0.1, 0.15) is 10.4 Å². The Kier molecular flexibility index (Phi) is 3.86. The van der Waals surface area contributed by atoms with Crippen molar-refractivity contribution in [3.8, 4) is 11.4 Å². The molecule has 0 atom stereocenters. The van der Waals surface area contributed by atoms with E-state index in [9.17, 15) is 0 Å². The van der Waals surface area contributed by atoms with Gasteiger partial charge in [0.05, 0.1) is 10.7 Å². The summed E-state index contributed by atoms with van der Waals surface area (Å²) in [4.78, 5) is 4.50. The van der Waals surface area contributed by atoms with Crippen molar-refractivity contribution in [2.24, 2.45) is 12.8 Å². The average molecular weight is 315 g/mol. The number of hydrogen-bond donors (Lipinski definition) is 1. The highest BCUT2D eigenvalue weighted by Gasteiger charge is 2.15. The number of nitrogens with two attached hydrogens (primary N) is 1. The summed E-state index contributed by atoms with van der Waals surface area (Å²) in [6.07, 6.45) is 0.786. The Bertz CT molecular complexity index is 537. The Hall–Kier alpha value is -0.840. The molecule has 1 aromatic carbocycles. The average Bonchev–Trinajstić information content (AvgIpc) is 2.58. The van der Waals surface area contributed by atoms with Crippen LogP contribution in [-0.2, 0) is 13.5 Å². The SMILES string of the molecule is Cn1c(-c2ccccc2Cl)nc(Br)c1CCN. The van der Waals surface area contributed by atoms with Crippen molar-refractivity contribution in [2.45, 2.75) is 6.42 Å². The van der Waals surface area contributed by atoms with Gasteiger partial charge >= 0.3 is 0 Å². The van der Waals surface area contributed by atoms with Crippen molar-refractivity contribution in [1.82, 2.24) is 9.55 Å². The quantitative estimate of drug-likeness (QED) is 0.946. The van der Waals surface area contributed by atoms with Crippen molar-refractivity contribution in [3.63, 3.8) is 0 Å². The molecule has 17 heavy (non-hydrogen) atoms. The van der Waals surface area contributed by atoms with Crippen LogP contribution < -0.4 is 5.73 Å². The molecule has 1 heterocycles. The van der Waals surface area contributed by atoms with Crippen molar-refractivity contribution in [2.75, 3.05) is 6.54 Å². The molecule has 0 saturated carbocycles. The van der Waals surface area contributed by atoms with Crippen LogP contribution >= 0.6 is 27.5 Å². The smallest absolute Gasteiger partial charge is 0.142 e. The molecule has 0 aliphatic rings. The van der Waals surface area contributed by atoms with Crippen molar-refractivity contribution >= 4 is 27.5 Å². The molecule has 0 unspecified atom stereocenters. The van der Waals surface area contributed by atoms with E-state index in [0.29, 0.717) is 11.6 Å². The van der Waals surface area contributed by atoms with E-state index in [0.717, 1.165) is 28.1 Å². The predicted molar refractivity (Wildman–Crippen MR) is 74.1 cm³/mol. The summed E-state index contributed by atoms with van der Waals surface area (Å²) in [5.41, 5.74) is 7.60. The number of nitrogens with zero attached hydrogens (tertiary/aromatic N) is 2. The van der Waals surface area contributed by atoms with E-state index in [2.05, 4.69) is 20.9 Å². The zero-order valence-corrected chi connectivity index (χ0v) is 11.8. The summed E-state index contributed by atoms with van der Waals surface area (Å²) in [6, 6.07) is 7.68. The normalized spacial score (nSPS) is 10.8. The summed E-state index contributed by atoms with van der Waals surface area (Å²) < 4.78 is 2.86. The van der Waals surface area contributed by atoms with Crippen LogP contribution in [0, 0.1) is 0 Å². The maximum atomic E-state index is 6.18. The van der Waals surface area contributed by atoms with Gasteiger partial charge in [-0.05, 0) is 34.6 Å². The van der Waals surface area contributed by atoms with Gasteiger partial charge < -0.3 is 10.3 Å². The molecule has 0 aliphatic heterocycles. The largest absolute Gasteiger partial charge is 0.330 e. The second-order valence-corrected chi connectivity index (χ2v) is 4.91.